The second-order valence-corrected chi connectivity index (χ2v) is 5.24. The topological polar surface area (TPSA) is 55.7 Å². The third kappa shape index (κ3) is 2.03. The van der Waals surface area contributed by atoms with E-state index in [1.807, 2.05) is 12.2 Å². The van der Waals surface area contributed by atoms with Crippen molar-refractivity contribution in [2.45, 2.75) is 18.9 Å². The molecule has 13 heavy (non-hydrogen) atoms. The predicted octanol–water partition coefficient (Wildman–Crippen LogP) is 1.23. The Morgan fingerprint density at radius 1 is 1.46 bits per heavy atom. The molecule has 4 nitrogen and oxygen atoms in total. The minimum atomic E-state index is -3.84. The van der Waals surface area contributed by atoms with Crippen molar-refractivity contribution in [3.8, 4) is 0 Å². The van der Waals surface area contributed by atoms with Gasteiger partial charge in [-0.3, -0.25) is 0 Å². The molecule has 3 aliphatic rings. The van der Waals surface area contributed by atoms with Crippen LogP contribution in [0.15, 0.2) is 16.5 Å². The van der Waals surface area contributed by atoms with Gasteiger partial charge in [0.05, 0.1) is 5.92 Å². The number of hydrogen-bond donors (Lipinski definition) is 0. The second-order valence-electron chi connectivity index (χ2n) is 3.07. The fraction of sp³-hybridized carbons (Fsp3) is 0.571. The van der Waals surface area contributed by atoms with Crippen LogP contribution in [0, 0.1) is 5.92 Å². The van der Waals surface area contributed by atoms with E-state index in [1.54, 1.807) is 0 Å². The zero-order valence-corrected chi connectivity index (χ0v) is 8.25. The van der Waals surface area contributed by atoms with Gasteiger partial charge >= 0.3 is 9.24 Å². The molecule has 2 bridgehead atoms. The quantitative estimate of drug-likeness (QED) is 0.494. The van der Waals surface area contributed by atoms with Crippen molar-refractivity contribution >= 4 is 25.8 Å². The van der Waals surface area contributed by atoms with Crippen LogP contribution in [0.4, 0.5) is 0 Å². The summed E-state index contributed by atoms with van der Waals surface area (Å²) in [4.78, 5) is 0. The van der Waals surface area contributed by atoms with Crippen LogP contribution in [0.3, 0.4) is 0 Å². The first-order valence-electron chi connectivity index (χ1n) is 3.94. The molecule has 0 radical (unpaired) electrons. The highest BCUT2D eigenvalue weighted by Crippen LogP contribution is 2.29. The molecule has 0 aromatic rings. The van der Waals surface area contributed by atoms with Gasteiger partial charge in [-0.1, -0.05) is 6.08 Å². The second kappa shape index (κ2) is 2.99. The van der Waals surface area contributed by atoms with Crippen molar-refractivity contribution in [1.82, 2.24) is 0 Å². The maximum Gasteiger partial charge on any atom is 0.342 e. The first kappa shape index (κ1) is 9.02. The standard InChI is InChI=1S/C7H8ClNO3S/c8-13(10,11)9-7-5-1-3-6(12-7)4-2-5/h1,3,5-6H,2,4H2/b9-7+. The molecule has 1 saturated heterocycles. The van der Waals surface area contributed by atoms with Gasteiger partial charge in [0.25, 0.3) is 0 Å². The van der Waals surface area contributed by atoms with Gasteiger partial charge in [0.15, 0.2) is 0 Å². The van der Waals surface area contributed by atoms with Crippen LogP contribution in [0.1, 0.15) is 12.8 Å². The Hall–Kier alpha value is -0.550. The van der Waals surface area contributed by atoms with Crippen molar-refractivity contribution in [1.29, 1.82) is 0 Å². The van der Waals surface area contributed by atoms with Crippen LogP contribution in [-0.2, 0) is 14.0 Å². The molecule has 2 heterocycles. The van der Waals surface area contributed by atoms with Gasteiger partial charge in [-0.05, 0) is 18.9 Å². The number of nitrogens with zero attached hydrogens (tertiary/aromatic N) is 1. The highest BCUT2D eigenvalue weighted by molar-refractivity contribution is 8.12. The zero-order chi connectivity index (χ0) is 9.47. The summed E-state index contributed by atoms with van der Waals surface area (Å²) in [6.07, 6.45) is 5.61. The number of ether oxygens (including phenoxy) is 1. The molecule has 0 spiro atoms. The van der Waals surface area contributed by atoms with Crippen LogP contribution in [0.5, 0.6) is 0 Å². The Morgan fingerprint density at radius 3 is 2.62 bits per heavy atom. The van der Waals surface area contributed by atoms with E-state index in [-0.39, 0.29) is 17.9 Å². The first-order valence-corrected chi connectivity index (χ1v) is 6.21. The average molecular weight is 222 g/mol. The lowest BCUT2D eigenvalue weighted by Gasteiger charge is -2.31. The number of halogens is 1. The Kier molecular flexibility index (Phi) is 2.08. The summed E-state index contributed by atoms with van der Waals surface area (Å²) in [6, 6.07) is 0. The van der Waals surface area contributed by atoms with E-state index in [9.17, 15) is 8.42 Å². The zero-order valence-electron chi connectivity index (χ0n) is 6.68. The van der Waals surface area contributed by atoms with Gasteiger partial charge in [-0.2, -0.15) is 8.42 Å². The molecule has 0 aromatic carbocycles. The van der Waals surface area contributed by atoms with Gasteiger partial charge in [-0.15, -0.1) is 4.40 Å². The molecule has 0 saturated carbocycles. The number of rotatable bonds is 1. The van der Waals surface area contributed by atoms with Crippen molar-refractivity contribution in [3.63, 3.8) is 0 Å². The maximum absolute atomic E-state index is 10.6. The van der Waals surface area contributed by atoms with E-state index in [0.717, 1.165) is 12.8 Å². The number of hydrogen-bond acceptors (Lipinski definition) is 3. The van der Waals surface area contributed by atoms with Crippen LogP contribution in [0.2, 0.25) is 0 Å². The minimum Gasteiger partial charge on any atom is -0.472 e. The molecule has 1 aliphatic carbocycles. The average Bonchev–Trinajstić information content (AvgIpc) is 2.03. The normalized spacial score (nSPS) is 35.0. The van der Waals surface area contributed by atoms with Crippen LogP contribution < -0.4 is 0 Å². The Bertz CT molecular complexity index is 373. The fourth-order valence-electron chi connectivity index (χ4n) is 1.54. The van der Waals surface area contributed by atoms with E-state index >= 15 is 0 Å². The largest absolute Gasteiger partial charge is 0.472 e. The first-order chi connectivity index (χ1) is 6.04. The molecule has 0 N–H and O–H groups in total. The van der Waals surface area contributed by atoms with Gasteiger partial charge in [0.2, 0.25) is 5.90 Å². The van der Waals surface area contributed by atoms with E-state index in [1.165, 1.54) is 0 Å². The van der Waals surface area contributed by atoms with E-state index in [0.29, 0.717) is 0 Å². The molecule has 1 fully saturated rings. The monoisotopic (exact) mass is 221 g/mol. The Labute approximate surface area is 80.8 Å². The van der Waals surface area contributed by atoms with Crippen molar-refractivity contribution in [2.24, 2.45) is 10.3 Å². The highest BCUT2D eigenvalue weighted by atomic mass is 35.7. The van der Waals surface area contributed by atoms with Crippen LogP contribution in [-0.4, -0.2) is 20.4 Å². The molecule has 2 unspecified atom stereocenters. The SMILES string of the molecule is O=S(=O)(Cl)/N=C1/OC2C=CC1CC2. The summed E-state index contributed by atoms with van der Waals surface area (Å²) in [6.45, 7) is 0. The molecular weight excluding hydrogens is 214 g/mol. The van der Waals surface area contributed by atoms with E-state index in [2.05, 4.69) is 4.40 Å². The van der Waals surface area contributed by atoms with Crippen molar-refractivity contribution < 1.29 is 13.2 Å². The van der Waals surface area contributed by atoms with Gasteiger partial charge in [-0.25, -0.2) is 0 Å². The predicted molar refractivity (Wildman–Crippen MR) is 48.9 cm³/mol. The number of fused-ring (bicyclic) bond motifs is 2. The summed E-state index contributed by atoms with van der Waals surface area (Å²) in [7, 11) is 1.14. The summed E-state index contributed by atoms with van der Waals surface area (Å²) >= 11 is 0. The van der Waals surface area contributed by atoms with Gasteiger partial charge in [0.1, 0.15) is 6.10 Å². The lowest BCUT2D eigenvalue weighted by atomic mass is 9.91. The molecule has 6 heteroatoms. The molecule has 2 aliphatic heterocycles. The molecule has 0 amide bonds. The highest BCUT2D eigenvalue weighted by Gasteiger charge is 2.31. The van der Waals surface area contributed by atoms with Crippen LogP contribution in [0.25, 0.3) is 0 Å². The molecule has 72 valence electrons. The summed E-state index contributed by atoms with van der Waals surface area (Å²) in [5.74, 6) is 0.215. The van der Waals surface area contributed by atoms with Gasteiger partial charge in [0, 0.05) is 10.7 Å². The summed E-state index contributed by atoms with van der Waals surface area (Å²) in [5.41, 5.74) is 0. The maximum atomic E-state index is 10.6. The Balaban J connectivity index is 2.29. The lowest BCUT2D eigenvalue weighted by Crippen LogP contribution is -2.33. The smallest absolute Gasteiger partial charge is 0.342 e. The van der Waals surface area contributed by atoms with Crippen molar-refractivity contribution in [2.75, 3.05) is 0 Å². The summed E-state index contributed by atoms with van der Waals surface area (Å²) < 4.78 is 29.9. The molecule has 3 rings (SSSR count). The van der Waals surface area contributed by atoms with Crippen molar-refractivity contribution in [3.05, 3.63) is 12.2 Å². The fourth-order valence-corrected chi connectivity index (χ4v) is 2.13. The lowest BCUT2D eigenvalue weighted by molar-refractivity contribution is 0.165. The van der Waals surface area contributed by atoms with E-state index < -0.39 is 9.24 Å². The molecule has 2 atom stereocenters. The molecular formula is C7H8ClNO3S. The third-order valence-corrected chi connectivity index (χ3v) is 2.71. The van der Waals surface area contributed by atoms with E-state index in [4.69, 9.17) is 15.4 Å². The van der Waals surface area contributed by atoms with Crippen LogP contribution >= 0.6 is 10.7 Å². The summed E-state index contributed by atoms with van der Waals surface area (Å²) in [5, 5.41) is 0. The van der Waals surface area contributed by atoms with Gasteiger partial charge < -0.3 is 4.74 Å². The minimum absolute atomic E-state index is 0.0153. The Morgan fingerprint density at radius 2 is 2.23 bits per heavy atom. The third-order valence-electron chi connectivity index (χ3n) is 2.11. The molecule has 0 aromatic heterocycles.